The van der Waals surface area contributed by atoms with Crippen LogP contribution in [0.4, 0.5) is 10.1 Å². The summed E-state index contributed by atoms with van der Waals surface area (Å²) in [5.74, 6) is -2.54. The molecule has 100 valence electrons. The molecule has 1 aromatic carbocycles. The van der Waals surface area contributed by atoms with Gasteiger partial charge in [-0.25, -0.2) is 12.8 Å². The Morgan fingerprint density at radius 2 is 2.11 bits per heavy atom. The molecule has 0 aliphatic carbocycles. The van der Waals surface area contributed by atoms with Crippen LogP contribution in [0.2, 0.25) is 0 Å². The lowest BCUT2D eigenvalue weighted by molar-refractivity contribution is -0.118. The largest absolute Gasteiger partial charge is 0.398 e. The van der Waals surface area contributed by atoms with Crippen molar-refractivity contribution in [2.24, 2.45) is 0 Å². The molecular formula is C11H15FN2O3S. The van der Waals surface area contributed by atoms with E-state index in [0.717, 1.165) is 6.07 Å². The van der Waals surface area contributed by atoms with Gasteiger partial charge in [-0.3, -0.25) is 4.79 Å². The average Bonchev–Trinajstić information content (AvgIpc) is 2.23. The van der Waals surface area contributed by atoms with Crippen molar-refractivity contribution in [1.29, 1.82) is 0 Å². The molecule has 0 aromatic heterocycles. The number of nitrogen functional groups attached to an aromatic ring is 1. The van der Waals surface area contributed by atoms with Crippen molar-refractivity contribution < 1.29 is 17.6 Å². The van der Waals surface area contributed by atoms with E-state index in [-0.39, 0.29) is 11.3 Å². The third-order valence-electron chi connectivity index (χ3n) is 2.24. The van der Waals surface area contributed by atoms with Crippen molar-refractivity contribution in [3.8, 4) is 0 Å². The Bertz CT molecular complexity index is 523. The predicted octanol–water partition coefficient (Wildman–Crippen LogP) is 0.459. The van der Waals surface area contributed by atoms with Gasteiger partial charge in [0.2, 0.25) is 5.91 Å². The zero-order chi connectivity index (χ0) is 13.8. The molecule has 5 nitrogen and oxygen atoms in total. The van der Waals surface area contributed by atoms with Gasteiger partial charge in [0.25, 0.3) is 0 Å². The van der Waals surface area contributed by atoms with Gasteiger partial charge in [-0.15, -0.1) is 0 Å². The molecule has 1 aromatic rings. The molecule has 0 spiro atoms. The van der Waals surface area contributed by atoms with E-state index in [4.69, 9.17) is 5.73 Å². The Labute approximate surface area is 105 Å². The summed E-state index contributed by atoms with van der Waals surface area (Å²) in [5, 5.41) is 2.37. The minimum Gasteiger partial charge on any atom is -0.398 e. The molecule has 18 heavy (non-hydrogen) atoms. The molecule has 0 bridgehead atoms. The fraction of sp³-hybridized carbons (Fsp3) is 0.364. The molecule has 7 heteroatoms. The molecule has 0 unspecified atom stereocenters. The van der Waals surface area contributed by atoms with Crippen LogP contribution in [-0.2, 0) is 20.4 Å². The van der Waals surface area contributed by atoms with Crippen molar-refractivity contribution in [2.45, 2.75) is 12.7 Å². The standard InChI is InChI=1S/C11H15FN2O3S/c1-2-14-11(15)7-18(16,17)6-8-9(12)4-3-5-10(8)13/h3-5H,2,6-7,13H2,1H3,(H,14,15). The summed E-state index contributed by atoms with van der Waals surface area (Å²) in [6.07, 6.45) is 0. The highest BCUT2D eigenvalue weighted by Crippen LogP contribution is 2.18. The number of nitrogens with two attached hydrogens (primary N) is 1. The summed E-state index contributed by atoms with van der Waals surface area (Å²) in [6.45, 7) is 2.02. The molecule has 0 radical (unpaired) electrons. The normalized spacial score (nSPS) is 11.2. The first-order chi connectivity index (χ1) is 8.35. The van der Waals surface area contributed by atoms with Crippen LogP contribution in [0.15, 0.2) is 18.2 Å². The van der Waals surface area contributed by atoms with Gasteiger partial charge in [0, 0.05) is 17.8 Å². The lowest BCUT2D eigenvalue weighted by Crippen LogP contribution is -2.30. The molecule has 0 saturated heterocycles. The number of rotatable bonds is 5. The Hall–Kier alpha value is -1.63. The van der Waals surface area contributed by atoms with Crippen LogP contribution >= 0.6 is 0 Å². The monoisotopic (exact) mass is 274 g/mol. The number of benzene rings is 1. The minimum atomic E-state index is -3.73. The maximum absolute atomic E-state index is 13.4. The number of carbonyl (C=O) groups is 1. The molecule has 3 N–H and O–H groups in total. The second kappa shape index (κ2) is 5.81. The first-order valence-electron chi connectivity index (χ1n) is 5.35. The number of hydrogen-bond acceptors (Lipinski definition) is 4. The zero-order valence-electron chi connectivity index (χ0n) is 9.94. The van der Waals surface area contributed by atoms with E-state index < -0.39 is 33.1 Å². The van der Waals surface area contributed by atoms with Crippen LogP contribution in [0.5, 0.6) is 0 Å². The SMILES string of the molecule is CCNC(=O)CS(=O)(=O)Cc1c(N)cccc1F. The van der Waals surface area contributed by atoms with E-state index in [2.05, 4.69) is 5.32 Å². The second-order valence-electron chi connectivity index (χ2n) is 3.79. The van der Waals surface area contributed by atoms with E-state index >= 15 is 0 Å². The maximum atomic E-state index is 13.4. The van der Waals surface area contributed by atoms with Crippen LogP contribution in [0.3, 0.4) is 0 Å². The molecule has 1 amide bonds. The van der Waals surface area contributed by atoms with Crippen LogP contribution in [0.1, 0.15) is 12.5 Å². The number of carbonyl (C=O) groups excluding carboxylic acids is 1. The van der Waals surface area contributed by atoms with Crippen LogP contribution < -0.4 is 11.1 Å². The number of halogens is 1. The fourth-order valence-corrected chi connectivity index (χ4v) is 2.79. The minimum absolute atomic E-state index is 0.0643. The van der Waals surface area contributed by atoms with Gasteiger partial charge in [-0.1, -0.05) is 6.07 Å². The Balaban J connectivity index is 2.86. The Morgan fingerprint density at radius 1 is 1.44 bits per heavy atom. The van der Waals surface area contributed by atoms with Crippen molar-refractivity contribution in [2.75, 3.05) is 18.0 Å². The van der Waals surface area contributed by atoms with Crippen LogP contribution in [-0.4, -0.2) is 26.6 Å². The average molecular weight is 274 g/mol. The van der Waals surface area contributed by atoms with E-state index in [1.165, 1.54) is 12.1 Å². The number of amides is 1. The number of anilines is 1. The first kappa shape index (κ1) is 14.4. The summed E-state index contributed by atoms with van der Waals surface area (Å²) >= 11 is 0. The van der Waals surface area contributed by atoms with Crippen LogP contribution in [0.25, 0.3) is 0 Å². The topological polar surface area (TPSA) is 89.3 Å². The third kappa shape index (κ3) is 3.99. The summed E-state index contributed by atoms with van der Waals surface area (Å²) in [4.78, 5) is 11.2. The highest BCUT2D eigenvalue weighted by molar-refractivity contribution is 7.91. The number of nitrogens with one attached hydrogen (secondary N) is 1. The van der Waals surface area contributed by atoms with E-state index in [9.17, 15) is 17.6 Å². The quantitative estimate of drug-likeness (QED) is 0.763. The smallest absolute Gasteiger partial charge is 0.235 e. The van der Waals surface area contributed by atoms with Gasteiger partial charge in [0.1, 0.15) is 11.6 Å². The maximum Gasteiger partial charge on any atom is 0.235 e. The first-order valence-corrected chi connectivity index (χ1v) is 7.18. The lowest BCUT2D eigenvalue weighted by Gasteiger charge is -2.08. The molecule has 0 fully saturated rings. The fourth-order valence-electron chi connectivity index (χ4n) is 1.45. The molecule has 0 atom stereocenters. The lowest BCUT2D eigenvalue weighted by atomic mass is 10.2. The van der Waals surface area contributed by atoms with Gasteiger partial charge in [-0.05, 0) is 19.1 Å². The summed E-state index contributed by atoms with van der Waals surface area (Å²) < 4.78 is 36.8. The van der Waals surface area contributed by atoms with Crippen LogP contribution in [0, 0.1) is 5.82 Å². The van der Waals surface area contributed by atoms with Gasteiger partial charge < -0.3 is 11.1 Å². The van der Waals surface area contributed by atoms with E-state index in [1.807, 2.05) is 0 Å². The van der Waals surface area contributed by atoms with Crippen molar-refractivity contribution in [3.05, 3.63) is 29.6 Å². The van der Waals surface area contributed by atoms with Crippen molar-refractivity contribution in [1.82, 2.24) is 5.32 Å². The summed E-state index contributed by atoms with van der Waals surface area (Å²) in [5.41, 5.74) is 5.48. The summed E-state index contributed by atoms with van der Waals surface area (Å²) in [6, 6.07) is 3.94. The summed E-state index contributed by atoms with van der Waals surface area (Å²) in [7, 11) is -3.73. The molecule has 1 rings (SSSR count). The highest BCUT2D eigenvalue weighted by Gasteiger charge is 2.20. The van der Waals surface area contributed by atoms with E-state index in [1.54, 1.807) is 6.92 Å². The van der Waals surface area contributed by atoms with Crippen molar-refractivity contribution in [3.63, 3.8) is 0 Å². The van der Waals surface area contributed by atoms with Gasteiger partial charge in [-0.2, -0.15) is 0 Å². The number of hydrogen-bond donors (Lipinski definition) is 2. The van der Waals surface area contributed by atoms with E-state index in [0.29, 0.717) is 6.54 Å². The zero-order valence-corrected chi connectivity index (χ0v) is 10.8. The van der Waals surface area contributed by atoms with Gasteiger partial charge >= 0.3 is 0 Å². The molecule has 0 aliphatic heterocycles. The van der Waals surface area contributed by atoms with Gasteiger partial charge in [0.05, 0.1) is 5.75 Å². The molecular weight excluding hydrogens is 259 g/mol. The molecule has 0 heterocycles. The Morgan fingerprint density at radius 3 is 2.67 bits per heavy atom. The third-order valence-corrected chi connectivity index (χ3v) is 3.67. The van der Waals surface area contributed by atoms with Gasteiger partial charge in [0.15, 0.2) is 9.84 Å². The molecule has 0 saturated carbocycles. The van der Waals surface area contributed by atoms with Crippen molar-refractivity contribution >= 4 is 21.4 Å². The predicted molar refractivity (Wildman–Crippen MR) is 67.0 cm³/mol. The highest BCUT2D eigenvalue weighted by atomic mass is 32.2. The number of sulfone groups is 1. The Kier molecular flexibility index (Phi) is 4.66. The second-order valence-corrected chi connectivity index (χ2v) is 5.86. The molecule has 0 aliphatic rings.